The monoisotopic (exact) mass is 918 g/mol. The summed E-state index contributed by atoms with van der Waals surface area (Å²) in [6.45, 7) is 1.99. The number of nitrogens with two attached hydrogens (primary N) is 4. The summed E-state index contributed by atoms with van der Waals surface area (Å²) in [5.74, 6) is -5.02. The molecule has 0 aliphatic rings. The molecule has 0 fully saturated rings. The summed E-state index contributed by atoms with van der Waals surface area (Å²) in [6.07, 6.45) is 5.08. The molecule has 2 atom stereocenters. The van der Waals surface area contributed by atoms with Crippen molar-refractivity contribution in [1.29, 1.82) is 0 Å². The quantitative estimate of drug-likeness (QED) is 0.0224. The highest BCUT2D eigenvalue weighted by Crippen LogP contribution is 2.19. The van der Waals surface area contributed by atoms with Gasteiger partial charge in [0.25, 0.3) is 0 Å². The average Bonchev–Trinajstić information content (AvgIpc) is 3.70. The molecule has 3 aromatic rings. The van der Waals surface area contributed by atoms with Crippen LogP contribution in [0.15, 0.2) is 65.8 Å². The van der Waals surface area contributed by atoms with Gasteiger partial charge in [0.2, 0.25) is 47.3 Å². The minimum Gasteiger partial charge on any atom is -0.370 e. The fourth-order valence-corrected chi connectivity index (χ4v) is 7.01. The molecule has 0 aliphatic carbocycles. The van der Waals surface area contributed by atoms with E-state index in [9.17, 15) is 38.4 Å². The number of fused-ring (bicyclic) bond motifs is 1. The van der Waals surface area contributed by atoms with Crippen molar-refractivity contribution in [3.8, 4) is 0 Å². The normalized spacial score (nSPS) is 11.7. The Morgan fingerprint density at radius 3 is 1.94 bits per heavy atom. The van der Waals surface area contributed by atoms with E-state index in [1.54, 1.807) is 30.3 Å². The van der Waals surface area contributed by atoms with Gasteiger partial charge in [0.15, 0.2) is 5.96 Å². The first-order chi connectivity index (χ1) is 31.6. The zero-order chi connectivity index (χ0) is 48.4. The van der Waals surface area contributed by atoms with Crippen LogP contribution >= 0.6 is 0 Å². The molecule has 21 nitrogen and oxygen atoms in total. The van der Waals surface area contributed by atoms with E-state index in [1.165, 1.54) is 21.6 Å². The maximum Gasteiger partial charge on any atom is 0.245 e. The lowest BCUT2D eigenvalue weighted by atomic mass is 10.1. The number of nitrogens with one attached hydrogen (secondary N) is 5. The highest BCUT2D eigenvalue weighted by molar-refractivity contribution is 5.95. The van der Waals surface area contributed by atoms with Crippen molar-refractivity contribution < 1.29 is 38.4 Å². The Morgan fingerprint density at radius 2 is 1.29 bits per heavy atom. The molecule has 1 heterocycles. The Labute approximate surface area is 385 Å². The molecule has 0 radical (unpaired) electrons. The van der Waals surface area contributed by atoms with Crippen LogP contribution in [0.1, 0.15) is 69.9 Å². The number of aliphatic imine (C=N–C) groups is 1. The predicted molar refractivity (Wildman–Crippen MR) is 249 cm³/mol. The van der Waals surface area contributed by atoms with Crippen LogP contribution < -0.4 is 44.2 Å². The van der Waals surface area contributed by atoms with Gasteiger partial charge in [-0.1, -0.05) is 61.9 Å². The van der Waals surface area contributed by atoms with Crippen molar-refractivity contribution in [2.24, 2.45) is 27.9 Å². The second-order valence-electron chi connectivity index (χ2n) is 15.8. The number of carbonyl (C=O) groups excluding carboxylic acids is 8. The van der Waals surface area contributed by atoms with E-state index in [0.717, 1.165) is 22.9 Å². The number of amides is 8. The first-order valence-corrected chi connectivity index (χ1v) is 22.2. The van der Waals surface area contributed by atoms with Gasteiger partial charge in [-0.25, -0.2) is 0 Å². The van der Waals surface area contributed by atoms with Crippen LogP contribution in [-0.4, -0.2) is 144 Å². The van der Waals surface area contributed by atoms with Crippen LogP contribution in [0.25, 0.3) is 10.9 Å². The molecule has 66 heavy (non-hydrogen) atoms. The van der Waals surface area contributed by atoms with Crippen molar-refractivity contribution in [1.82, 2.24) is 41.0 Å². The third-order valence-electron chi connectivity index (χ3n) is 10.5. The van der Waals surface area contributed by atoms with E-state index < -0.39 is 79.6 Å². The third kappa shape index (κ3) is 19.4. The van der Waals surface area contributed by atoms with Crippen LogP contribution in [0.3, 0.4) is 0 Å². The topological polar surface area (TPSA) is 327 Å². The molecule has 0 unspecified atom stereocenters. The van der Waals surface area contributed by atoms with Crippen LogP contribution in [-0.2, 0) is 51.3 Å². The van der Waals surface area contributed by atoms with E-state index in [1.807, 2.05) is 37.4 Å². The molecular weight excluding hydrogens is 851 g/mol. The minimum atomic E-state index is -1.23. The Balaban J connectivity index is 1.89. The minimum absolute atomic E-state index is 0.0345. The molecule has 1 aromatic heterocycles. The maximum atomic E-state index is 14.5. The van der Waals surface area contributed by atoms with Crippen molar-refractivity contribution in [2.45, 2.75) is 83.8 Å². The molecule has 13 N–H and O–H groups in total. The summed E-state index contributed by atoms with van der Waals surface area (Å²) in [5.41, 5.74) is 24.5. The van der Waals surface area contributed by atoms with Gasteiger partial charge in [-0.2, -0.15) is 0 Å². The number of H-pyrrole nitrogens is 1. The van der Waals surface area contributed by atoms with Gasteiger partial charge in [0.05, 0.1) is 32.7 Å². The number of hydrogen-bond donors (Lipinski definition) is 9. The van der Waals surface area contributed by atoms with Crippen LogP contribution in [0.5, 0.6) is 0 Å². The number of guanidine groups is 1. The van der Waals surface area contributed by atoms with E-state index in [2.05, 4.69) is 31.2 Å². The number of benzene rings is 2. The smallest absolute Gasteiger partial charge is 0.245 e. The van der Waals surface area contributed by atoms with Gasteiger partial charge < -0.3 is 63.9 Å². The van der Waals surface area contributed by atoms with E-state index in [4.69, 9.17) is 22.9 Å². The lowest BCUT2D eigenvalue weighted by Gasteiger charge is -2.30. The van der Waals surface area contributed by atoms with Crippen LogP contribution in [0.4, 0.5) is 0 Å². The summed E-state index contributed by atoms with van der Waals surface area (Å²) < 4.78 is 0. The van der Waals surface area contributed by atoms with Crippen LogP contribution in [0, 0.1) is 0 Å². The molecule has 3 rings (SSSR count). The van der Waals surface area contributed by atoms with Crippen molar-refractivity contribution in [3.63, 3.8) is 0 Å². The number of unbranched alkanes of at least 4 members (excludes halogenated alkanes) is 2. The molecular formula is C45H67N13O8. The molecule has 0 saturated heterocycles. The Bertz CT molecular complexity index is 2110. The Hall–Kier alpha value is -7.03. The highest BCUT2D eigenvalue weighted by Gasteiger charge is 2.31. The van der Waals surface area contributed by atoms with E-state index in [-0.39, 0.29) is 57.3 Å². The average molecular weight is 918 g/mol. The van der Waals surface area contributed by atoms with Crippen molar-refractivity contribution >= 4 is 64.1 Å². The van der Waals surface area contributed by atoms with Gasteiger partial charge in [-0.05, 0) is 68.7 Å². The predicted octanol–water partition coefficient (Wildman–Crippen LogP) is -0.914. The molecule has 0 aliphatic heterocycles. The van der Waals surface area contributed by atoms with Gasteiger partial charge in [-0.3, -0.25) is 43.3 Å². The lowest BCUT2D eigenvalue weighted by molar-refractivity contribution is -0.142. The summed E-state index contributed by atoms with van der Waals surface area (Å²) in [4.78, 5) is 117. The fraction of sp³-hybridized carbons (Fsp3) is 0.489. The maximum absolute atomic E-state index is 14.5. The molecule has 8 amide bonds. The highest BCUT2D eigenvalue weighted by atomic mass is 16.2. The number of rotatable bonds is 30. The van der Waals surface area contributed by atoms with E-state index >= 15 is 0 Å². The third-order valence-corrected chi connectivity index (χ3v) is 10.5. The van der Waals surface area contributed by atoms with Crippen molar-refractivity contribution in [3.05, 3.63) is 71.9 Å². The Kier molecular flexibility index (Phi) is 23.2. The van der Waals surface area contributed by atoms with Gasteiger partial charge >= 0.3 is 0 Å². The summed E-state index contributed by atoms with van der Waals surface area (Å²) in [7, 11) is 0. The largest absolute Gasteiger partial charge is 0.370 e. The number of primary amides is 1. The number of aromatic nitrogens is 1. The van der Waals surface area contributed by atoms with Crippen molar-refractivity contribution in [2.75, 3.05) is 58.9 Å². The first-order valence-electron chi connectivity index (χ1n) is 22.2. The molecule has 0 saturated carbocycles. The fourth-order valence-electron chi connectivity index (χ4n) is 7.01. The van der Waals surface area contributed by atoms with Gasteiger partial charge in [-0.15, -0.1) is 0 Å². The number of hydrogen-bond acceptors (Lipinski definition) is 10. The SMILES string of the molecule is CCCCN(CC(=O)NCC(=O)N[C@@H](CCCCN)C(=O)N(CC(=O)N[C@@H](CCCN=C(N)N)C(=O)N(CCc1c[nH]c2ccccc12)CC(=O)NCC(N)=O)Cc1ccccc1)C(C)=O. The molecule has 0 spiro atoms. The molecule has 360 valence electrons. The van der Waals surface area contributed by atoms with E-state index in [0.29, 0.717) is 44.3 Å². The summed E-state index contributed by atoms with van der Waals surface area (Å²) in [6, 6.07) is 14.1. The Morgan fingerprint density at radius 1 is 0.682 bits per heavy atom. The number of nitrogens with zero attached hydrogens (tertiary/aromatic N) is 4. The van der Waals surface area contributed by atoms with Gasteiger partial charge in [0, 0.05) is 50.2 Å². The number of aromatic amines is 1. The van der Waals surface area contributed by atoms with Crippen LogP contribution in [0.2, 0.25) is 0 Å². The number of carbonyl (C=O) groups is 8. The standard InChI is InChI=1S/C45H67N13O8/c1-3-4-22-56(31(2)59)28-40(62)53-26-39(61)54-36(17-10-11-20-46)44(66)58(27-32-13-6-5-7-14-32)30-42(64)55-37(18-12-21-50-45(48)49)43(65)57(29-41(63)52-25-38(47)60)23-19-33-24-51-35-16-9-8-15-34(33)35/h5-9,13-16,24,36-37,51H,3-4,10-12,17-23,25-30,46H2,1-2H3,(H2,47,60)(H,52,63)(H,53,62)(H,54,61)(H,55,64)(H4,48,49,50)/t36-,37-/m0/s1. The van der Waals surface area contributed by atoms with Gasteiger partial charge in [0.1, 0.15) is 12.1 Å². The second kappa shape index (κ2) is 28.7. The second-order valence-corrected chi connectivity index (χ2v) is 15.8. The molecule has 21 heteroatoms. The first kappa shape index (κ1) is 53.3. The zero-order valence-corrected chi connectivity index (χ0v) is 38.0. The molecule has 0 bridgehead atoms. The summed E-state index contributed by atoms with van der Waals surface area (Å²) in [5, 5.41) is 11.3. The zero-order valence-electron chi connectivity index (χ0n) is 38.0. The lowest BCUT2D eigenvalue weighted by Crippen LogP contribution is -2.55. The summed E-state index contributed by atoms with van der Waals surface area (Å²) >= 11 is 0. The molecule has 2 aromatic carbocycles. The number of para-hydroxylation sites is 1.